The minimum absolute atomic E-state index is 0.614. The van der Waals surface area contributed by atoms with Gasteiger partial charge in [-0.2, -0.15) is 0 Å². The van der Waals surface area contributed by atoms with E-state index >= 15 is 0 Å². The fourth-order valence-electron chi connectivity index (χ4n) is 6.33. The number of hydrogen-bond donors (Lipinski definition) is 1. The fraction of sp³-hybridized carbons (Fsp3) is 0.917. The highest BCUT2D eigenvalue weighted by molar-refractivity contribution is 4.90. The van der Waals surface area contributed by atoms with Crippen LogP contribution in [0.15, 0.2) is 12.4 Å². The largest absolute Gasteiger partial charge is 0.257 e. The van der Waals surface area contributed by atoms with Gasteiger partial charge in [0.1, 0.15) is 12.4 Å². The van der Waals surface area contributed by atoms with Crippen molar-refractivity contribution in [2.24, 2.45) is 0 Å². The van der Waals surface area contributed by atoms with Gasteiger partial charge in [-0.15, -0.1) is 0 Å². The van der Waals surface area contributed by atoms with Gasteiger partial charge in [0.25, 0.3) is 5.82 Å². The molecule has 0 bridgehead atoms. The summed E-state index contributed by atoms with van der Waals surface area (Å²) in [5.41, 5.74) is 0. The van der Waals surface area contributed by atoms with Crippen molar-refractivity contribution in [3.8, 4) is 0 Å². The van der Waals surface area contributed by atoms with E-state index in [4.69, 9.17) is 0 Å². The Morgan fingerprint density at radius 1 is 0.500 bits per heavy atom. The molecule has 38 heavy (non-hydrogen) atoms. The lowest BCUT2D eigenvalue weighted by Gasteiger charge is -2.17. The van der Waals surface area contributed by atoms with Crippen LogP contribution in [0.5, 0.6) is 0 Å². The molecule has 0 radical (unpaired) electrons. The summed E-state index contributed by atoms with van der Waals surface area (Å²) in [6.07, 6.45) is 42.9. The van der Waals surface area contributed by atoms with Gasteiger partial charge in [-0.25, -0.2) is 9.55 Å². The summed E-state index contributed by atoms with van der Waals surface area (Å²) in [5.74, 6) is 2.23. The molecule has 0 aliphatic rings. The van der Waals surface area contributed by atoms with Crippen LogP contribution in [0.2, 0.25) is 0 Å². The van der Waals surface area contributed by atoms with Gasteiger partial charge >= 0.3 is 0 Å². The Kier molecular flexibility index (Phi) is 24.5. The summed E-state index contributed by atoms with van der Waals surface area (Å²) in [6.45, 7) is 9.34. The summed E-state index contributed by atoms with van der Waals surface area (Å²) >= 11 is 0. The number of nitrogens with one attached hydrogen (secondary N) is 1. The van der Waals surface area contributed by atoms with Crippen molar-refractivity contribution in [2.75, 3.05) is 0 Å². The molecule has 0 spiro atoms. The zero-order chi connectivity index (χ0) is 27.5. The molecule has 2 unspecified atom stereocenters. The monoisotopic (exact) mass is 532 g/mol. The van der Waals surface area contributed by atoms with E-state index in [0.717, 1.165) is 0 Å². The van der Waals surface area contributed by atoms with Gasteiger partial charge in [0.05, 0.1) is 12.0 Å². The van der Waals surface area contributed by atoms with Crippen molar-refractivity contribution < 1.29 is 4.57 Å². The maximum absolute atomic E-state index is 3.69. The zero-order valence-corrected chi connectivity index (χ0v) is 26.8. The second-order valence-corrected chi connectivity index (χ2v) is 12.6. The van der Waals surface area contributed by atoms with E-state index in [1.54, 1.807) is 0 Å². The number of unbranched alkanes of at least 4 members (excludes halogenated alkanes) is 21. The minimum Gasteiger partial charge on any atom is -0.247 e. The molecule has 0 fully saturated rings. The maximum atomic E-state index is 3.69. The molecule has 1 aromatic heterocycles. The van der Waals surface area contributed by atoms with E-state index in [0.29, 0.717) is 12.0 Å². The SMILES string of the molecule is CCCCCCCCCCCCCCC(CCCCCCCCCCCCC)c1[nH]cc[n+]1C(C)CCC. The summed E-state index contributed by atoms with van der Waals surface area (Å²) < 4.78 is 2.58. The highest BCUT2D eigenvalue weighted by Gasteiger charge is 2.25. The summed E-state index contributed by atoms with van der Waals surface area (Å²) in [5, 5.41) is 0. The molecule has 1 N–H and O–H groups in total. The number of aromatic nitrogens is 2. The highest BCUT2D eigenvalue weighted by atomic mass is 15.1. The van der Waals surface area contributed by atoms with Gasteiger partial charge in [0.2, 0.25) is 0 Å². The van der Waals surface area contributed by atoms with Crippen molar-refractivity contribution in [3.63, 3.8) is 0 Å². The first kappa shape index (κ1) is 35.2. The van der Waals surface area contributed by atoms with Crippen LogP contribution in [-0.2, 0) is 0 Å². The molecule has 2 atom stereocenters. The Labute approximate surface area is 240 Å². The van der Waals surface area contributed by atoms with Crippen molar-refractivity contribution >= 4 is 0 Å². The minimum atomic E-state index is 0.614. The normalized spacial score (nSPS) is 13.3. The lowest BCUT2D eigenvalue weighted by Crippen LogP contribution is -2.41. The summed E-state index contributed by atoms with van der Waals surface area (Å²) in [6, 6.07) is 0.614. The number of aromatic amines is 1. The predicted molar refractivity (Wildman–Crippen MR) is 170 cm³/mol. The van der Waals surface area contributed by atoms with E-state index < -0.39 is 0 Å². The van der Waals surface area contributed by atoms with Gasteiger partial charge < -0.3 is 0 Å². The van der Waals surface area contributed by atoms with E-state index in [9.17, 15) is 0 Å². The van der Waals surface area contributed by atoms with Crippen LogP contribution in [0.25, 0.3) is 0 Å². The fourth-order valence-corrected chi connectivity index (χ4v) is 6.33. The molecule has 224 valence electrons. The molecule has 0 aliphatic heterocycles. The van der Waals surface area contributed by atoms with Crippen LogP contribution < -0.4 is 4.57 Å². The summed E-state index contributed by atoms with van der Waals surface area (Å²) in [4.78, 5) is 3.69. The smallest absolute Gasteiger partial charge is 0.247 e. The predicted octanol–water partition coefficient (Wildman–Crippen LogP) is 12.5. The van der Waals surface area contributed by atoms with E-state index in [-0.39, 0.29) is 0 Å². The van der Waals surface area contributed by atoms with Crippen LogP contribution >= 0.6 is 0 Å². The molecule has 1 rings (SSSR count). The Bertz CT molecular complexity index is 592. The van der Waals surface area contributed by atoms with Crippen LogP contribution in [0, 0.1) is 0 Å². The molecule has 0 aliphatic carbocycles. The molecule has 2 heteroatoms. The van der Waals surface area contributed by atoms with Crippen molar-refractivity contribution in [1.82, 2.24) is 4.98 Å². The van der Waals surface area contributed by atoms with Crippen LogP contribution in [0.4, 0.5) is 0 Å². The Morgan fingerprint density at radius 3 is 1.24 bits per heavy atom. The Balaban J connectivity index is 2.29. The first-order chi connectivity index (χ1) is 18.7. The lowest BCUT2D eigenvalue weighted by atomic mass is 9.92. The molecule has 1 heterocycles. The molecule has 1 aromatic rings. The zero-order valence-electron chi connectivity index (χ0n) is 26.8. The topological polar surface area (TPSA) is 19.7 Å². The summed E-state index contributed by atoms with van der Waals surface area (Å²) in [7, 11) is 0. The number of imidazole rings is 1. The highest BCUT2D eigenvalue weighted by Crippen LogP contribution is 2.27. The number of rotatable bonds is 29. The van der Waals surface area contributed by atoms with Crippen LogP contribution in [-0.4, -0.2) is 4.98 Å². The quantitative estimate of drug-likeness (QED) is 0.0783. The van der Waals surface area contributed by atoms with Crippen molar-refractivity contribution in [1.29, 1.82) is 0 Å². The second-order valence-electron chi connectivity index (χ2n) is 12.6. The first-order valence-corrected chi connectivity index (χ1v) is 17.8. The van der Waals surface area contributed by atoms with Crippen LogP contribution in [0.3, 0.4) is 0 Å². The van der Waals surface area contributed by atoms with Gasteiger partial charge in [0.15, 0.2) is 0 Å². The van der Waals surface area contributed by atoms with E-state index in [2.05, 4.69) is 49.6 Å². The van der Waals surface area contributed by atoms with Crippen LogP contribution in [0.1, 0.15) is 219 Å². The van der Waals surface area contributed by atoms with Gasteiger partial charge in [-0.1, -0.05) is 175 Å². The molecule has 0 aromatic carbocycles. The van der Waals surface area contributed by atoms with Gasteiger partial charge in [-0.3, -0.25) is 0 Å². The second kappa shape index (κ2) is 26.4. The van der Waals surface area contributed by atoms with Gasteiger partial charge in [0, 0.05) is 0 Å². The van der Waals surface area contributed by atoms with E-state index in [1.165, 1.54) is 179 Å². The third-order valence-electron chi connectivity index (χ3n) is 8.87. The number of nitrogens with zero attached hydrogens (tertiary/aromatic N) is 1. The lowest BCUT2D eigenvalue weighted by molar-refractivity contribution is -0.727. The van der Waals surface area contributed by atoms with E-state index in [1.807, 2.05) is 0 Å². The molecule has 0 saturated heterocycles. The van der Waals surface area contributed by atoms with Crippen molar-refractivity contribution in [2.45, 2.75) is 213 Å². The average molecular weight is 532 g/mol. The van der Waals surface area contributed by atoms with Gasteiger partial charge in [-0.05, 0) is 26.2 Å². The standard InChI is InChI=1S/C36H70N2/c1-5-8-10-12-14-16-18-20-22-24-26-28-31-35(36-37-32-33-38(36)34(4)29-7-3)30-27-25-23-21-19-17-15-13-11-9-6-2/h32-35H,5-31H2,1-4H3/p+1. The Morgan fingerprint density at radius 2 is 0.868 bits per heavy atom. The molecule has 0 amide bonds. The molecular weight excluding hydrogens is 460 g/mol. The number of hydrogen-bond acceptors (Lipinski definition) is 0. The maximum Gasteiger partial charge on any atom is 0.257 e. The molecule has 0 saturated carbocycles. The Hall–Kier alpha value is -0.790. The average Bonchev–Trinajstić information content (AvgIpc) is 3.41. The first-order valence-electron chi connectivity index (χ1n) is 17.8. The molecule has 2 nitrogen and oxygen atoms in total. The molecular formula is C36H71N2+. The third-order valence-corrected chi connectivity index (χ3v) is 8.87. The number of H-pyrrole nitrogens is 1. The third kappa shape index (κ3) is 18.5. The van der Waals surface area contributed by atoms with Crippen molar-refractivity contribution in [3.05, 3.63) is 18.2 Å².